The Balaban J connectivity index is 1.95. The first kappa shape index (κ1) is 15.1. The van der Waals surface area contributed by atoms with Gasteiger partial charge in [0.05, 0.1) is 0 Å². The third-order valence-corrected chi connectivity index (χ3v) is 4.37. The lowest BCUT2D eigenvalue weighted by Crippen LogP contribution is -2.60. The van der Waals surface area contributed by atoms with E-state index in [1.54, 1.807) is 4.90 Å². The van der Waals surface area contributed by atoms with Gasteiger partial charge >= 0.3 is 12.0 Å². The molecule has 6 heteroatoms. The molecule has 0 saturated carbocycles. The molecule has 114 valence electrons. The summed E-state index contributed by atoms with van der Waals surface area (Å²) in [6, 6.07) is -0.418. The number of hydrogen-bond donors (Lipinski definition) is 2. The summed E-state index contributed by atoms with van der Waals surface area (Å²) in [7, 11) is 0. The number of carboxylic acids is 1. The van der Waals surface area contributed by atoms with Crippen LogP contribution >= 0.6 is 0 Å². The molecule has 2 saturated heterocycles. The van der Waals surface area contributed by atoms with Gasteiger partial charge in [0.15, 0.2) is 0 Å². The molecule has 0 radical (unpaired) electrons. The van der Waals surface area contributed by atoms with Gasteiger partial charge in [0, 0.05) is 25.2 Å². The molecule has 0 spiro atoms. The minimum atomic E-state index is -0.952. The van der Waals surface area contributed by atoms with Gasteiger partial charge in [-0.15, -0.1) is 0 Å². The molecule has 2 aliphatic rings. The van der Waals surface area contributed by atoms with Crippen LogP contribution in [0.4, 0.5) is 4.79 Å². The second-order valence-corrected chi connectivity index (χ2v) is 5.92. The smallest absolute Gasteiger partial charge is 0.326 e. The monoisotopic (exact) mass is 283 g/mol. The van der Waals surface area contributed by atoms with Gasteiger partial charge in [-0.25, -0.2) is 9.59 Å². The number of hydrogen-bond acceptors (Lipinski definition) is 3. The topological polar surface area (TPSA) is 72.9 Å². The third-order valence-electron chi connectivity index (χ3n) is 4.37. The zero-order valence-electron chi connectivity index (χ0n) is 12.3. The lowest BCUT2D eigenvalue weighted by Gasteiger charge is -2.42. The lowest BCUT2D eigenvalue weighted by atomic mass is 10.1. The normalized spacial score (nSPS) is 28.0. The maximum atomic E-state index is 12.3. The number of carbonyl (C=O) groups is 2. The molecule has 0 aromatic heterocycles. The SMILES string of the molecule is CCC[C@@H](NC(=O)N1CC2CCCN2CC1C)C(=O)O. The van der Waals surface area contributed by atoms with Gasteiger partial charge in [0.2, 0.25) is 0 Å². The summed E-state index contributed by atoms with van der Waals surface area (Å²) in [5, 5.41) is 11.8. The maximum absolute atomic E-state index is 12.3. The summed E-state index contributed by atoms with van der Waals surface area (Å²) in [5.74, 6) is -0.952. The van der Waals surface area contributed by atoms with Gasteiger partial charge in [0.25, 0.3) is 0 Å². The highest BCUT2D eigenvalue weighted by atomic mass is 16.4. The van der Waals surface area contributed by atoms with Crippen LogP contribution in [-0.2, 0) is 4.79 Å². The molecule has 0 aromatic carbocycles. The molecule has 3 atom stereocenters. The summed E-state index contributed by atoms with van der Waals surface area (Å²) in [6.07, 6.45) is 3.54. The second kappa shape index (κ2) is 6.43. The van der Waals surface area contributed by atoms with E-state index >= 15 is 0 Å². The average Bonchev–Trinajstić information content (AvgIpc) is 2.83. The first-order chi connectivity index (χ1) is 9.52. The summed E-state index contributed by atoms with van der Waals surface area (Å²) < 4.78 is 0. The Labute approximate surface area is 120 Å². The first-order valence-electron chi connectivity index (χ1n) is 7.57. The van der Waals surface area contributed by atoms with Crippen molar-refractivity contribution in [3.63, 3.8) is 0 Å². The summed E-state index contributed by atoms with van der Waals surface area (Å²) in [4.78, 5) is 27.7. The first-order valence-corrected chi connectivity index (χ1v) is 7.57. The molecule has 2 amide bonds. The molecule has 0 aliphatic carbocycles. The van der Waals surface area contributed by atoms with E-state index in [1.807, 2.05) is 13.8 Å². The third kappa shape index (κ3) is 3.23. The number of carbonyl (C=O) groups excluding carboxylic acids is 1. The van der Waals surface area contributed by atoms with Crippen molar-refractivity contribution in [1.29, 1.82) is 0 Å². The fourth-order valence-corrected chi connectivity index (χ4v) is 3.25. The molecule has 20 heavy (non-hydrogen) atoms. The minimum absolute atomic E-state index is 0.139. The number of urea groups is 1. The predicted octanol–water partition coefficient (Wildman–Crippen LogP) is 1.12. The average molecular weight is 283 g/mol. The van der Waals surface area contributed by atoms with Crippen molar-refractivity contribution in [3.8, 4) is 0 Å². The Morgan fingerprint density at radius 2 is 2.15 bits per heavy atom. The van der Waals surface area contributed by atoms with Crippen LogP contribution in [0, 0.1) is 0 Å². The number of carboxylic acid groups (broad SMARTS) is 1. The molecule has 2 heterocycles. The van der Waals surface area contributed by atoms with Crippen LogP contribution in [0.2, 0.25) is 0 Å². The number of piperazine rings is 1. The van der Waals surface area contributed by atoms with Crippen LogP contribution in [0.3, 0.4) is 0 Å². The highest BCUT2D eigenvalue weighted by molar-refractivity contribution is 5.82. The fraction of sp³-hybridized carbons (Fsp3) is 0.857. The maximum Gasteiger partial charge on any atom is 0.326 e. The highest BCUT2D eigenvalue weighted by Gasteiger charge is 2.37. The van der Waals surface area contributed by atoms with Crippen LogP contribution in [0.25, 0.3) is 0 Å². The van der Waals surface area contributed by atoms with Crippen LogP contribution in [0.5, 0.6) is 0 Å². The van der Waals surface area contributed by atoms with Crippen molar-refractivity contribution in [3.05, 3.63) is 0 Å². The Bertz CT molecular complexity index is 375. The van der Waals surface area contributed by atoms with Gasteiger partial charge in [-0.3, -0.25) is 4.90 Å². The standard InChI is InChI=1S/C14H25N3O3/c1-3-5-12(13(18)19)15-14(20)17-9-11-6-4-7-16(11)8-10(17)2/h10-12H,3-9H2,1-2H3,(H,15,20)(H,18,19)/t10?,11?,12-/m1/s1. The van der Waals surface area contributed by atoms with E-state index in [4.69, 9.17) is 5.11 Å². The zero-order chi connectivity index (χ0) is 14.7. The molecule has 6 nitrogen and oxygen atoms in total. The molecule has 2 fully saturated rings. The van der Waals surface area contributed by atoms with E-state index in [-0.39, 0.29) is 12.1 Å². The number of fused-ring (bicyclic) bond motifs is 1. The number of nitrogens with zero attached hydrogens (tertiary/aromatic N) is 2. The summed E-state index contributed by atoms with van der Waals surface area (Å²) >= 11 is 0. The number of aliphatic carboxylic acids is 1. The molecule has 0 bridgehead atoms. The van der Waals surface area contributed by atoms with E-state index in [1.165, 1.54) is 6.42 Å². The minimum Gasteiger partial charge on any atom is -0.480 e. The van der Waals surface area contributed by atoms with Crippen molar-refractivity contribution in [2.75, 3.05) is 19.6 Å². The lowest BCUT2D eigenvalue weighted by molar-refractivity contribution is -0.139. The van der Waals surface area contributed by atoms with E-state index in [9.17, 15) is 9.59 Å². The molecule has 2 unspecified atom stereocenters. The van der Waals surface area contributed by atoms with Crippen molar-refractivity contribution >= 4 is 12.0 Å². The Hall–Kier alpha value is -1.30. The van der Waals surface area contributed by atoms with Crippen molar-refractivity contribution in [2.45, 2.75) is 57.7 Å². The van der Waals surface area contributed by atoms with Crippen molar-refractivity contribution in [2.24, 2.45) is 0 Å². The van der Waals surface area contributed by atoms with E-state index in [0.717, 1.165) is 25.9 Å². The Morgan fingerprint density at radius 3 is 2.80 bits per heavy atom. The molecule has 0 aromatic rings. The number of rotatable bonds is 4. The van der Waals surface area contributed by atoms with E-state index < -0.39 is 12.0 Å². The largest absolute Gasteiger partial charge is 0.480 e. The number of amides is 2. The predicted molar refractivity (Wildman–Crippen MR) is 75.6 cm³/mol. The molecule has 2 aliphatic heterocycles. The van der Waals surface area contributed by atoms with Crippen LogP contribution in [0.1, 0.15) is 39.5 Å². The van der Waals surface area contributed by atoms with Gasteiger partial charge in [0.1, 0.15) is 6.04 Å². The van der Waals surface area contributed by atoms with Crippen molar-refractivity contribution in [1.82, 2.24) is 15.1 Å². The summed E-state index contributed by atoms with van der Waals surface area (Å²) in [5.41, 5.74) is 0. The van der Waals surface area contributed by atoms with Gasteiger partial charge in [-0.05, 0) is 32.7 Å². The van der Waals surface area contributed by atoms with Crippen LogP contribution in [0.15, 0.2) is 0 Å². The summed E-state index contributed by atoms with van der Waals surface area (Å²) in [6.45, 7) is 6.68. The molecule has 2 N–H and O–H groups in total. The fourth-order valence-electron chi connectivity index (χ4n) is 3.25. The van der Waals surface area contributed by atoms with Crippen LogP contribution < -0.4 is 5.32 Å². The van der Waals surface area contributed by atoms with Crippen molar-refractivity contribution < 1.29 is 14.7 Å². The van der Waals surface area contributed by atoms with E-state index in [2.05, 4.69) is 10.2 Å². The zero-order valence-corrected chi connectivity index (χ0v) is 12.3. The van der Waals surface area contributed by atoms with Gasteiger partial charge in [-0.1, -0.05) is 13.3 Å². The Morgan fingerprint density at radius 1 is 1.40 bits per heavy atom. The Kier molecular flexibility index (Phi) is 4.86. The highest BCUT2D eigenvalue weighted by Crippen LogP contribution is 2.24. The van der Waals surface area contributed by atoms with Gasteiger partial charge < -0.3 is 15.3 Å². The van der Waals surface area contributed by atoms with Gasteiger partial charge in [-0.2, -0.15) is 0 Å². The second-order valence-electron chi connectivity index (χ2n) is 5.92. The molecular weight excluding hydrogens is 258 g/mol. The number of nitrogens with one attached hydrogen (secondary N) is 1. The van der Waals surface area contributed by atoms with Crippen LogP contribution in [-0.4, -0.2) is 64.7 Å². The quantitative estimate of drug-likeness (QED) is 0.811. The molecular formula is C14H25N3O3. The van der Waals surface area contributed by atoms with E-state index in [0.29, 0.717) is 19.0 Å². The molecule has 2 rings (SSSR count).